The molecule has 3 heteroatoms. The Bertz CT molecular complexity index is 367. The molecule has 1 aliphatic rings. The highest BCUT2D eigenvalue weighted by molar-refractivity contribution is 6.18. The molecule has 0 unspecified atom stereocenters. The van der Waals surface area contributed by atoms with Gasteiger partial charge in [-0.05, 0) is 30.2 Å². The number of nitrogens with zero attached hydrogens (tertiary/aromatic N) is 1. The van der Waals surface area contributed by atoms with Crippen molar-refractivity contribution in [2.75, 3.05) is 32.1 Å². The Morgan fingerprint density at radius 3 is 3.00 bits per heavy atom. The van der Waals surface area contributed by atoms with Gasteiger partial charge in [0.15, 0.2) is 0 Å². The molecular formula is C14H20ClNO. The third-order valence-corrected chi connectivity index (χ3v) is 3.49. The maximum absolute atomic E-state index is 5.78. The predicted octanol–water partition coefficient (Wildman–Crippen LogP) is 2.72. The Morgan fingerprint density at radius 2 is 2.24 bits per heavy atom. The molecule has 2 rings (SSSR count). The molecule has 0 radical (unpaired) electrons. The molecule has 0 N–H and O–H groups in total. The van der Waals surface area contributed by atoms with Crippen LogP contribution in [0.3, 0.4) is 0 Å². The third-order valence-electron chi connectivity index (χ3n) is 3.32. The van der Waals surface area contributed by atoms with Crippen molar-refractivity contribution in [1.29, 1.82) is 0 Å². The van der Waals surface area contributed by atoms with Crippen molar-refractivity contribution in [3.05, 3.63) is 29.3 Å². The van der Waals surface area contributed by atoms with E-state index in [9.17, 15) is 0 Å². The number of benzene rings is 1. The van der Waals surface area contributed by atoms with Crippen molar-refractivity contribution in [2.45, 2.75) is 19.8 Å². The highest BCUT2D eigenvalue weighted by atomic mass is 35.5. The van der Waals surface area contributed by atoms with Crippen LogP contribution in [-0.2, 0) is 12.8 Å². The molecule has 94 valence electrons. The van der Waals surface area contributed by atoms with E-state index in [2.05, 4.69) is 30.0 Å². The highest BCUT2D eigenvalue weighted by Gasteiger charge is 2.12. The molecule has 0 spiro atoms. The monoisotopic (exact) mass is 253 g/mol. The van der Waals surface area contributed by atoms with Crippen LogP contribution in [-0.4, -0.2) is 37.0 Å². The van der Waals surface area contributed by atoms with E-state index in [0.29, 0.717) is 5.88 Å². The molecule has 1 aromatic rings. The van der Waals surface area contributed by atoms with Gasteiger partial charge in [-0.25, -0.2) is 0 Å². The first kappa shape index (κ1) is 12.7. The van der Waals surface area contributed by atoms with Crippen molar-refractivity contribution < 1.29 is 4.74 Å². The summed E-state index contributed by atoms with van der Waals surface area (Å²) < 4.78 is 5.51. The SMILES string of the molecule is CCN(CCCl)CCc1ccc2c(c1)CCO2. The van der Waals surface area contributed by atoms with Gasteiger partial charge in [0.2, 0.25) is 0 Å². The van der Waals surface area contributed by atoms with Gasteiger partial charge >= 0.3 is 0 Å². The first-order valence-electron chi connectivity index (χ1n) is 6.36. The Labute approximate surface area is 109 Å². The minimum atomic E-state index is 0.714. The van der Waals surface area contributed by atoms with Crippen molar-refractivity contribution in [3.63, 3.8) is 0 Å². The standard InChI is InChI=1S/C14H20ClNO/c1-2-16(9-7-15)8-5-12-3-4-14-13(11-12)6-10-17-14/h3-4,11H,2,5-10H2,1H3. The summed E-state index contributed by atoms with van der Waals surface area (Å²) in [6, 6.07) is 6.57. The van der Waals surface area contributed by atoms with Gasteiger partial charge in [-0.3, -0.25) is 0 Å². The van der Waals surface area contributed by atoms with E-state index in [1.54, 1.807) is 0 Å². The topological polar surface area (TPSA) is 12.5 Å². The van der Waals surface area contributed by atoms with Gasteiger partial charge in [0.05, 0.1) is 6.61 Å². The van der Waals surface area contributed by atoms with E-state index in [1.807, 2.05) is 0 Å². The fraction of sp³-hybridized carbons (Fsp3) is 0.571. The average molecular weight is 254 g/mol. The fourth-order valence-corrected chi connectivity index (χ4v) is 2.47. The van der Waals surface area contributed by atoms with Crippen LogP contribution in [0.25, 0.3) is 0 Å². The lowest BCUT2D eigenvalue weighted by atomic mass is 10.1. The number of halogens is 1. The Balaban J connectivity index is 1.90. The molecular weight excluding hydrogens is 234 g/mol. The molecule has 17 heavy (non-hydrogen) atoms. The van der Waals surface area contributed by atoms with Gasteiger partial charge in [-0.15, -0.1) is 11.6 Å². The molecule has 2 nitrogen and oxygen atoms in total. The molecule has 1 aliphatic heterocycles. The third kappa shape index (κ3) is 3.36. The molecule has 0 saturated carbocycles. The normalized spacial score (nSPS) is 13.8. The lowest BCUT2D eigenvalue weighted by molar-refractivity contribution is 0.309. The van der Waals surface area contributed by atoms with Crippen molar-refractivity contribution in [2.24, 2.45) is 0 Å². The van der Waals surface area contributed by atoms with Crippen LogP contribution in [0, 0.1) is 0 Å². The van der Waals surface area contributed by atoms with Crippen LogP contribution in [0.5, 0.6) is 5.75 Å². The van der Waals surface area contributed by atoms with Crippen LogP contribution < -0.4 is 4.74 Å². The lowest BCUT2D eigenvalue weighted by Gasteiger charge is -2.18. The maximum atomic E-state index is 5.78. The fourth-order valence-electron chi connectivity index (χ4n) is 2.23. The van der Waals surface area contributed by atoms with Gasteiger partial charge in [0, 0.05) is 25.4 Å². The summed E-state index contributed by atoms with van der Waals surface area (Å²) in [5.41, 5.74) is 2.77. The molecule has 1 heterocycles. The Kier molecular flexibility index (Phi) is 4.69. The Morgan fingerprint density at radius 1 is 1.35 bits per heavy atom. The van der Waals surface area contributed by atoms with E-state index in [4.69, 9.17) is 16.3 Å². The zero-order chi connectivity index (χ0) is 12.1. The number of alkyl halides is 1. The van der Waals surface area contributed by atoms with E-state index in [-0.39, 0.29) is 0 Å². The van der Waals surface area contributed by atoms with Crippen LogP contribution >= 0.6 is 11.6 Å². The summed E-state index contributed by atoms with van der Waals surface area (Å²) in [4.78, 5) is 2.39. The maximum Gasteiger partial charge on any atom is 0.122 e. The van der Waals surface area contributed by atoms with Crippen LogP contribution in [0.1, 0.15) is 18.1 Å². The van der Waals surface area contributed by atoms with Crippen molar-refractivity contribution in [3.8, 4) is 5.75 Å². The van der Waals surface area contributed by atoms with Crippen molar-refractivity contribution >= 4 is 11.6 Å². The molecule has 0 bridgehead atoms. The molecule has 0 saturated heterocycles. The molecule has 0 fully saturated rings. The number of fused-ring (bicyclic) bond motifs is 1. The van der Waals surface area contributed by atoms with Crippen LogP contribution in [0.15, 0.2) is 18.2 Å². The number of hydrogen-bond acceptors (Lipinski definition) is 2. The minimum absolute atomic E-state index is 0.714. The smallest absolute Gasteiger partial charge is 0.122 e. The Hall–Kier alpha value is -0.730. The number of likely N-dealkylation sites (N-methyl/N-ethyl adjacent to an activating group) is 1. The molecule has 0 aliphatic carbocycles. The summed E-state index contributed by atoms with van der Waals surface area (Å²) in [5.74, 6) is 1.79. The van der Waals surface area contributed by atoms with E-state index in [0.717, 1.165) is 44.8 Å². The van der Waals surface area contributed by atoms with Crippen molar-refractivity contribution in [1.82, 2.24) is 4.90 Å². The second kappa shape index (κ2) is 6.27. The van der Waals surface area contributed by atoms with Gasteiger partial charge in [-0.2, -0.15) is 0 Å². The van der Waals surface area contributed by atoms with Gasteiger partial charge in [0.1, 0.15) is 5.75 Å². The minimum Gasteiger partial charge on any atom is -0.493 e. The number of ether oxygens (including phenoxy) is 1. The zero-order valence-corrected chi connectivity index (χ0v) is 11.2. The lowest BCUT2D eigenvalue weighted by Crippen LogP contribution is -2.27. The van der Waals surface area contributed by atoms with Crippen LogP contribution in [0.4, 0.5) is 0 Å². The molecule has 0 atom stereocenters. The van der Waals surface area contributed by atoms with Gasteiger partial charge in [-0.1, -0.05) is 19.1 Å². The molecule has 0 aromatic heterocycles. The second-order valence-electron chi connectivity index (χ2n) is 4.41. The summed E-state index contributed by atoms with van der Waals surface area (Å²) in [6.07, 6.45) is 2.15. The summed E-state index contributed by atoms with van der Waals surface area (Å²) in [7, 11) is 0. The van der Waals surface area contributed by atoms with Gasteiger partial charge < -0.3 is 9.64 Å². The largest absolute Gasteiger partial charge is 0.493 e. The molecule has 0 amide bonds. The number of hydrogen-bond donors (Lipinski definition) is 0. The summed E-state index contributed by atoms with van der Waals surface area (Å²) in [5, 5.41) is 0. The number of rotatable bonds is 6. The van der Waals surface area contributed by atoms with E-state index >= 15 is 0 Å². The van der Waals surface area contributed by atoms with Crippen LogP contribution in [0.2, 0.25) is 0 Å². The molecule has 1 aromatic carbocycles. The van der Waals surface area contributed by atoms with E-state index < -0.39 is 0 Å². The first-order valence-corrected chi connectivity index (χ1v) is 6.90. The predicted molar refractivity (Wildman–Crippen MR) is 72.2 cm³/mol. The quantitative estimate of drug-likeness (QED) is 0.723. The van der Waals surface area contributed by atoms with Gasteiger partial charge in [0.25, 0.3) is 0 Å². The summed E-state index contributed by atoms with van der Waals surface area (Å²) in [6.45, 7) is 6.16. The zero-order valence-electron chi connectivity index (χ0n) is 10.4. The summed E-state index contributed by atoms with van der Waals surface area (Å²) >= 11 is 5.78. The average Bonchev–Trinajstić information content (AvgIpc) is 2.81. The highest BCUT2D eigenvalue weighted by Crippen LogP contribution is 2.25. The second-order valence-corrected chi connectivity index (χ2v) is 4.79. The first-order chi connectivity index (χ1) is 8.33. The van der Waals surface area contributed by atoms with E-state index in [1.165, 1.54) is 11.1 Å².